The highest BCUT2D eigenvalue weighted by Gasteiger charge is 2.20. The van der Waals surface area contributed by atoms with E-state index < -0.39 is 17.7 Å². The highest BCUT2D eigenvalue weighted by molar-refractivity contribution is 6.32. The molecule has 1 N–H and O–H groups in total. The Labute approximate surface area is 149 Å². The number of phenolic OH excluding ortho intramolecular Hbond substituents is 1. The quantitative estimate of drug-likeness (QED) is 0.498. The van der Waals surface area contributed by atoms with Crippen molar-refractivity contribution in [3.63, 3.8) is 0 Å². The molecule has 0 radical (unpaired) electrons. The maximum atomic E-state index is 12.0. The van der Waals surface area contributed by atoms with Gasteiger partial charge in [-0.25, -0.2) is 9.59 Å². The molecule has 0 saturated carbocycles. The van der Waals surface area contributed by atoms with Crippen molar-refractivity contribution in [3.8, 4) is 11.5 Å². The van der Waals surface area contributed by atoms with E-state index in [1.54, 1.807) is 24.3 Å². The molecule has 0 aliphatic heterocycles. The summed E-state index contributed by atoms with van der Waals surface area (Å²) in [5.74, 6) is -2.29. The third-order valence-electron chi connectivity index (χ3n) is 3.20. The minimum absolute atomic E-state index is 0.0954. The summed E-state index contributed by atoms with van der Waals surface area (Å²) < 4.78 is 14.7. The second kappa shape index (κ2) is 8.21. The molecule has 2 aromatic rings. The van der Waals surface area contributed by atoms with Crippen LogP contribution in [0, 0.1) is 0 Å². The molecular formula is C18H15ClO6. The van der Waals surface area contributed by atoms with E-state index in [1.807, 2.05) is 0 Å². The molecule has 0 unspecified atom stereocenters. The van der Waals surface area contributed by atoms with Crippen LogP contribution in [0.2, 0.25) is 5.02 Å². The number of hydrogen-bond acceptors (Lipinski definition) is 6. The van der Waals surface area contributed by atoms with Crippen LogP contribution in [-0.2, 0) is 14.3 Å². The second-order valence-electron chi connectivity index (χ2n) is 4.77. The average molecular weight is 363 g/mol. The van der Waals surface area contributed by atoms with Gasteiger partial charge in [0.1, 0.15) is 5.56 Å². The molecule has 7 heteroatoms. The SMILES string of the molecule is COC(=O)/C(=C/c1ccccc1Cl)Oc1cccc(C(=O)OC)c1O. The minimum atomic E-state index is -0.775. The number of phenols is 1. The van der Waals surface area contributed by atoms with Gasteiger partial charge in [-0.1, -0.05) is 35.9 Å². The summed E-state index contributed by atoms with van der Waals surface area (Å²) in [4.78, 5) is 23.6. The van der Waals surface area contributed by atoms with Gasteiger partial charge in [-0.15, -0.1) is 0 Å². The highest BCUT2D eigenvalue weighted by Crippen LogP contribution is 2.32. The summed E-state index contributed by atoms with van der Waals surface area (Å²) in [6, 6.07) is 11.0. The summed E-state index contributed by atoms with van der Waals surface area (Å²) in [6.45, 7) is 0. The van der Waals surface area contributed by atoms with Gasteiger partial charge >= 0.3 is 11.9 Å². The molecule has 6 nitrogen and oxygen atoms in total. The van der Waals surface area contributed by atoms with Crippen molar-refractivity contribution in [2.45, 2.75) is 0 Å². The van der Waals surface area contributed by atoms with Crippen LogP contribution < -0.4 is 4.74 Å². The summed E-state index contributed by atoms with van der Waals surface area (Å²) in [6.07, 6.45) is 1.37. The van der Waals surface area contributed by atoms with Gasteiger partial charge in [-0.3, -0.25) is 0 Å². The smallest absolute Gasteiger partial charge is 0.373 e. The molecule has 0 aliphatic rings. The first-order chi connectivity index (χ1) is 12.0. The van der Waals surface area contributed by atoms with E-state index in [4.69, 9.17) is 16.3 Å². The molecule has 0 atom stereocenters. The maximum absolute atomic E-state index is 12.0. The predicted octanol–water partition coefficient (Wildman–Crippen LogP) is 3.43. The molecule has 0 saturated heterocycles. The number of carbonyl (C=O) groups is 2. The van der Waals surface area contributed by atoms with E-state index in [-0.39, 0.29) is 17.1 Å². The molecule has 0 heterocycles. The first-order valence-corrected chi connectivity index (χ1v) is 7.48. The van der Waals surface area contributed by atoms with Gasteiger partial charge in [0.2, 0.25) is 5.76 Å². The van der Waals surface area contributed by atoms with Crippen molar-refractivity contribution >= 4 is 29.6 Å². The predicted molar refractivity (Wildman–Crippen MR) is 91.5 cm³/mol. The van der Waals surface area contributed by atoms with Gasteiger partial charge in [0, 0.05) is 5.02 Å². The first kappa shape index (κ1) is 18.4. The Kier molecular flexibility index (Phi) is 6.03. The summed E-state index contributed by atoms with van der Waals surface area (Å²) in [5.41, 5.74) is 0.426. The first-order valence-electron chi connectivity index (χ1n) is 7.10. The highest BCUT2D eigenvalue weighted by atomic mass is 35.5. The molecule has 0 fully saturated rings. The van der Waals surface area contributed by atoms with Crippen molar-refractivity contribution in [2.24, 2.45) is 0 Å². The number of benzene rings is 2. The monoisotopic (exact) mass is 362 g/mol. The van der Waals surface area contributed by atoms with Gasteiger partial charge in [0.15, 0.2) is 11.5 Å². The van der Waals surface area contributed by atoms with E-state index in [1.165, 1.54) is 38.5 Å². The third-order valence-corrected chi connectivity index (χ3v) is 3.55. The Morgan fingerprint density at radius 1 is 1.04 bits per heavy atom. The number of rotatable bonds is 5. The molecule has 0 amide bonds. The molecule has 0 aliphatic carbocycles. The topological polar surface area (TPSA) is 82.1 Å². The number of hydrogen-bond donors (Lipinski definition) is 1. The molecule has 0 spiro atoms. The van der Waals surface area contributed by atoms with E-state index in [0.29, 0.717) is 10.6 Å². The molecular weight excluding hydrogens is 348 g/mol. The lowest BCUT2D eigenvalue weighted by atomic mass is 10.2. The van der Waals surface area contributed by atoms with Crippen LogP contribution in [-0.4, -0.2) is 31.3 Å². The second-order valence-corrected chi connectivity index (χ2v) is 5.17. The third kappa shape index (κ3) is 4.30. The number of carbonyl (C=O) groups excluding carboxylic acids is 2. The number of halogens is 1. The molecule has 2 rings (SSSR count). The van der Waals surface area contributed by atoms with Gasteiger partial charge in [0.05, 0.1) is 14.2 Å². The normalized spacial score (nSPS) is 10.9. The van der Waals surface area contributed by atoms with E-state index in [9.17, 15) is 14.7 Å². The number of methoxy groups -OCH3 is 2. The lowest BCUT2D eigenvalue weighted by Gasteiger charge is -2.12. The summed E-state index contributed by atoms with van der Waals surface area (Å²) in [5, 5.41) is 10.6. The fourth-order valence-corrected chi connectivity index (χ4v) is 2.15. The van der Waals surface area contributed by atoms with E-state index in [2.05, 4.69) is 9.47 Å². The number of aromatic hydroxyl groups is 1. The molecule has 0 bridgehead atoms. The van der Waals surface area contributed by atoms with Gasteiger partial charge in [0.25, 0.3) is 0 Å². The molecule has 0 aromatic heterocycles. The molecule has 130 valence electrons. The van der Waals surface area contributed by atoms with Crippen LogP contribution >= 0.6 is 11.6 Å². The fraction of sp³-hybridized carbons (Fsp3) is 0.111. The number of esters is 2. The lowest BCUT2D eigenvalue weighted by molar-refractivity contribution is -0.138. The Bertz CT molecular complexity index is 828. The Hall–Kier alpha value is -2.99. The van der Waals surface area contributed by atoms with Gasteiger partial charge in [-0.2, -0.15) is 0 Å². The van der Waals surface area contributed by atoms with Crippen LogP contribution in [0.4, 0.5) is 0 Å². The van der Waals surface area contributed by atoms with Crippen molar-refractivity contribution in [1.29, 1.82) is 0 Å². The Balaban J connectivity index is 2.44. The van der Waals surface area contributed by atoms with Crippen molar-refractivity contribution in [3.05, 3.63) is 64.4 Å². The molecule has 2 aromatic carbocycles. The van der Waals surface area contributed by atoms with Gasteiger partial charge < -0.3 is 19.3 Å². The fourth-order valence-electron chi connectivity index (χ4n) is 1.96. The average Bonchev–Trinajstić information content (AvgIpc) is 2.63. The zero-order valence-electron chi connectivity index (χ0n) is 13.5. The number of para-hydroxylation sites is 1. The van der Waals surface area contributed by atoms with Crippen LogP contribution in [0.5, 0.6) is 11.5 Å². The lowest BCUT2D eigenvalue weighted by Crippen LogP contribution is -2.11. The van der Waals surface area contributed by atoms with E-state index in [0.717, 1.165) is 0 Å². The maximum Gasteiger partial charge on any atom is 0.373 e. The standard InChI is InChI=1S/C18H15ClO6/c1-23-17(21)12-7-5-9-14(16(12)20)25-15(18(22)24-2)10-11-6-3-4-8-13(11)19/h3-10,20H,1-2H3/b15-10-. The van der Waals surface area contributed by atoms with Crippen molar-refractivity contribution < 1.29 is 28.9 Å². The van der Waals surface area contributed by atoms with E-state index >= 15 is 0 Å². The van der Waals surface area contributed by atoms with Crippen LogP contribution in [0.3, 0.4) is 0 Å². The van der Waals surface area contributed by atoms with Crippen LogP contribution in [0.25, 0.3) is 6.08 Å². The summed E-state index contributed by atoms with van der Waals surface area (Å²) >= 11 is 6.07. The Morgan fingerprint density at radius 3 is 2.40 bits per heavy atom. The minimum Gasteiger partial charge on any atom is -0.504 e. The van der Waals surface area contributed by atoms with Crippen molar-refractivity contribution in [1.82, 2.24) is 0 Å². The molecule has 25 heavy (non-hydrogen) atoms. The van der Waals surface area contributed by atoms with Crippen LogP contribution in [0.15, 0.2) is 48.2 Å². The summed E-state index contributed by atoms with van der Waals surface area (Å²) in [7, 11) is 2.38. The largest absolute Gasteiger partial charge is 0.504 e. The van der Waals surface area contributed by atoms with Crippen LogP contribution in [0.1, 0.15) is 15.9 Å². The number of ether oxygens (including phenoxy) is 3. The zero-order chi connectivity index (χ0) is 18.4. The zero-order valence-corrected chi connectivity index (χ0v) is 14.2. The van der Waals surface area contributed by atoms with Crippen molar-refractivity contribution in [2.75, 3.05) is 14.2 Å². The Morgan fingerprint density at radius 2 is 1.76 bits per heavy atom. The van der Waals surface area contributed by atoms with Gasteiger partial charge in [-0.05, 0) is 29.8 Å².